The molecule has 24 heavy (non-hydrogen) atoms. The number of fused-ring (bicyclic) bond motifs is 1. The van der Waals surface area contributed by atoms with Crippen molar-refractivity contribution >= 4 is 10.9 Å². The van der Waals surface area contributed by atoms with E-state index in [1.54, 1.807) is 26.4 Å². The summed E-state index contributed by atoms with van der Waals surface area (Å²) in [5, 5.41) is 0.635. The molecule has 5 nitrogen and oxygen atoms in total. The lowest BCUT2D eigenvalue weighted by Gasteiger charge is -2.30. The lowest BCUT2D eigenvalue weighted by Crippen LogP contribution is -3.15. The summed E-state index contributed by atoms with van der Waals surface area (Å²) in [5.74, 6) is 1.27. The molecular formula is C19H27N2O3+. The maximum atomic E-state index is 13.1. The topological polar surface area (TPSA) is 55.8 Å². The third-order valence-electron chi connectivity index (χ3n) is 5.30. The van der Waals surface area contributed by atoms with E-state index in [0.29, 0.717) is 22.9 Å². The summed E-state index contributed by atoms with van der Waals surface area (Å²) >= 11 is 0. The molecule has 0 amide bonds. The molecule has 0 saturated carbocycles. The third-order valence-corrected chi connectivity index (χ3v) is 5.30. The second kappa shape index (κ2) is 6.85. The lowest BCUT2D eigenvalue weighted by atomic mass is 10.0. The molecule has 1 unspecified atom stereocenters. The van der Waals surface area contributed by atoms with Gasteiger partial charge in [-0.3, -0.25) is 4.79 Å². The van der Waals surface area contributed by atoms with Gasteiger partial charge in [0, 0.05) is 11.8 Å². The molecule has 1 aromatic carbocycles. The average molecular weight is 331 g/mol. The van der Waals surface area contributed by atoms with Crippen molar-refractivity contribution in [3.8, 4) is 11.5 Å². The molecule has 1 aliphatic rings. The first-order valence-corrected chi connectivity index (χ1v) is 8.67. The van der Waals surface area contributed by atoms with Crippen LogP contribution in [0.15, 0.2) is 16.9 Å². The predicted octanol–water partition coefficient (Wildman–Crippen LogP) is 1.81. The van der Waals surface area contributed by atoms with Gasteiger partial charge >= 0.3 is 0 Å². The molecule has 1 aliphatic heterocycles. The van der Waals surface area contributed by atoms with Crippen LogP contribution in [0.1, 0.15) is 37.4 Å². The van der Waals surface area contributed by atoms with E-state index < -0.39 is 0 Å². The first-order valence-electron chi connectivity index (χ1n) is 8.67. The van der Waals surface area contributed by atoms with Crippen LogP contribution in [-0.2, 0) is 6.54 Å². The molecule has 5 heteroatoms. The van der Waals surface area contributed by atoms with E-state index >= 15 is 0 Å². The van der Waals surface area contributed by atoms with E-state index in [4.69, 9.17) is 9.47 Å². The zero-order valence-electron chi connectivity index (χ0n) is 15.0. The summed E-state index contributed by atoms with van der Waals surface area (Å²) in [6, 6.07) is 4.21. The van der Waals surface area contributed by atoms with Crippen molar-refractivity contribution in [1.82, 2.24) is 4.98 Å². The number of H-pyrrole nitrogens is 1. The number of piperidine rings is 1. The Bertz CT molecular complexity index is 797. The molecule has 0 spiro atoms. The zero-order valence-corrected chi connectivity index (χ0v) is 15.0. The summed E-state index contributed by atoms with van der Waals surface area (Å²) in [4.78, 5) is 18.0. The summed E-state index contributed by atoms with van der Waals surface area (Å²) < 4.78 is 10.8. The van der Waals surface area contributed by atoms with Gasteiger partial charge in [-0.25, -0.2) is 0 Å². The molecule has 0 radical (unpaired) electrons. The minimum absolute atomic E-state index is 0.0868. The Morgan fingerprint density at radius 3 is 2.71 bits per heavy atom. The SMILES string of the molecule is COc1cc(OC)c2[nH]c(C)c(C[NH+]3CCCC[C@H]3C)c(=O)c2c1. The molecule has 1 fully saturated rings. The van der Waals surface area contributed by atoms with E-state index in [2.05, 4.69) is 11.9 Å². The van der Waals surface area contributed by atoms with Crippen LogP contribution in [0.2, 0.25) is 0 Å². The van der Waals surface area contributed by atoms with Crippen molar-refractivity contribution in [2.75, 3.05) is 20.8 Å². The molecule has 1 aromatic heterocycles. The first-order chi connectivity index (χ1) is 11.5. The smallest absolute Gasteiger partial charge is 0.198 e. The van der Waals surface area contributed by atoms with Crippen LogP contribution in [0.3, 0.4) is 0 Å². The van der Waals surface area contributed by atoms with Crippen molar-refractivity contribution in [2.45, 2.75) is 45.7 Å². The zero-order chi connectivity index (χ0) is 17.3. The Hall–Kier alpha value is -2.01. The van der Waals surface area contributed by atoms with Crippen LogP contribution in [0, 0.1) is 6.92 Å². The Morgan fingerprint density at radius 1 is 1.25 bits per heavy atom. The maximum absolute atomic E-state index is 13.1. The van der Waals surface area contributed by atoms with Crippen molar-refractivity contribution < 1.29 is 14.4 Å². The van der Waals surface area contributed by atoms with Crippen LogP contribution in [0.5, 0.6) is 11.5 Å². The van der Waals surface area contributed by atoms with Crippen molar-refractivity contribution in [1.29, 1.82) is 0 Å². The van der Waals surface area contributed by atoms with Gasteiger partial charge in [0.25, 0.3) is 0 Å². The fourth-order valence-electron chi connectivity index (χ4n) is 3.73. The fraction of sp³-hybridized carbons (Fsp3) is 0.526. The van der Waals surface area contributed by atoms with Crippen molar-refractivity contribution in [2.24, 2.45) is 0 Å². The Labute approximate surface area is 142 Å². The number of hydrogen-bond donors (Lipinski definition) is 2. The highest BCUT2D eigenvalue weighted by Crippen LogP contribution is 2.28. The normalized spacial score (nSPS) is 21.0. The van der Waals surface area contributed by atoms with E-state index in [-0.39, 0.29) is 5.43 Å². The molecular weight excluding hydrogens is 304 g/mol. The number of aromatic amines is 1. The van der Waals surface area contributed by atoms with Gasteiger partial charge in [-0.15, -0.1) is 0 Å². The van der Waals surface area contributed by atoms with Gasteiger partial charge in [-0.05, 0) is 39.2 Å². The Morgan fingerprint density at radius 2 is 2.04 bits per heavy atom. The van der Waals surface area contributed by atoms with Gasteiger partial charge in [-0.1, -0.05) is 0 Å². The van der Waals surface area contributed by atoms with E-state index in [1.807, 2.05) is 6.92 Å². The van der Waals surface area contributed by atoms with Crippen LogP contribution in [0.25, 0.3) is 10.9 Å². The minimum Gasteiger partial charge on any atom is -0.497 e. The summed E-state index contributed by atoms with van der Waals surface area (Å²) in [6.07, 6.45) is 3.78. The van der Waals surface area contributed by atoms with Gasteiger partial charge < -0.3 is 19.4 Å². The number of ether oxygens (including phenoxy) is 2. The standard InChI is InChI=1S/C19H26N2O3/c1-12-7-5-6-8-21(12)11-16-13(2)20-18-15(19(16)22)9-14(23-3)10-17(18)24-4/h9-10,12H,5-8,11H2,1-4H3,(H,20,22)/p+1/t12-/m1/s1. The molecule has 3 rings (SSSR count). The minimum atomic E-state index is 0.0868. The summed E-state index contributed by atoms with van der Waals surface area (Å²) in [6.45, 7) is 6.18. The van der Waals surface area contributed by atoms with Gasteiger partial charge in [0.1, 0.15) is 18.0 Å². The number of benzene rings is 1. The molecule has 2 N–H and O–H groups in total. The fourth-order valence-corrected chi connectivity index (χ4v) is 3.73. The second-order valence-electron chi connectivity index (χ2n) is 6.79. The number of nitrogens with one attached hydrogen (secondary N) is 2. The van der Waals surface area contributed by atoms with E-state index in [9.17, 15) is 4.79 Å². The van der Waals surface area contributed by atoms with Gasteiger partial charge in [-0.2, -0.15) is 0 Å². The highest BCUT2D eigenvalue weighted by Gasteiger charge is 2.25. The van der Waals surface area contributed by atoms with Crippen molar-refractivity contribution in [3.63, 3.8) is 0 Å². The van der Waals surface area contributed by atoms with E-state index in [1.165, 1.54) is 24.2 Å². The number of pyridine rings is 1. The maximum Gasteiger partial charge on any atom is 0.198 e. The molecule has 0 bridgehead atoms. The number of aryl methyl sites for hydroxylation is 1. The largest absolute Gasteiger partial charge is 0.497 e. The molecule has 0 aliphatic carbocycles. The van der Waals surface area contributed by atoms with Crippen LogP contribution >= 0.6 is 0 Å². The molecule has 130 valence electrons. The van der Waals surface area contributed by atoms with Crippen LogP contribution in [0.4, 0.5) is 0 Å². The van der Waals surface area contributed by atoms with Gasteiger partial charge in [0.15, 0.2) is 5.43 Å². The number of likely N-dealkylation sites (tertiary alicyclic amines) is 1. The van der Waals surface area contributed by atoms with Crippen LogP contribution in [-0.4, -0.2) is 31.8 Å². The van der Waals surface area contributed by atoms with Crippen molar-refractivity contribution in [3.05, 3.63) is 33.6 Å². The monoisotopic (exact) mass is 331 g/mol. The molecule has 2 heterocycles. The molecule has 1 saturated heterocycles. The second-order valence-corrected chi connectivity index (χ2v) is 6.79. The Balaban J connectivity index is 2.10. The van der Waals surface area contributed by atoms with Crippen LogP contribution < -0.4 is 19.8 Å². The van der Waals surface area contributed by atoms with Gasteiger partial charge in [0.2, 0.25) is 0 Å². The number of quaternary nitrogens is 1. The van der Waals surface area contributed by atoms with Gasteiger partial charge in [0.05, 0.1) is 43.3 Å². The van der Waals surface area contributed by atoms with E-state index in [0.717, 1.165) is 29.9 Å². The quantitative estimate of drug-likeness (QED) is 0.898. The Kier molecular flexibility index (Phi) is 4.81. The summed E-state index contributed by atoms with van der Waals surface area (Å²) in [7, 11) is 3.21. The third kappa shape index (κ3) is 3.00. The summed E-state index contributed by atoms with van der Waals surface area (Å²) in [5.41, 5.74) is 2.64. The predicted molar refractivity (Wildman–Crippen MR) is 95.3 cm³/mol. The number of hydrogen-bond acceptors (Lipinski definition) is 3. The average Bonchev–Trinajstić information content (AvgIpc) is 2.59. The number of methoxy groups -OCH3 is 2. The first kappa shape index (κ1) is 16.8. The number of aromatic nitrogens is 1. The molecule has 2 aromatic rings. The highest BCUT2D eigenvalue weighted by molar-refractivity contribution is 5.86. The lowest BCUT2D eigenvalue weighted by molar-refractivity contribution is -0.942. The highest BCUT2D eigenvalue weighted by atomic mass is 16.5. The molecule has 2 atom stereocenters. The number of rotatable bonds is 4.